The lowest BCUT2D eigenvalue weighted by atomic mass is 10.1. The standard InChI is InChI=1S/C17H12N2OS/c1-20-15-8-4-2-6-12(15)10-13(11-18)17-19-14-7-3-5-9-16(14)21-17/h2-10H,1H3. The summed E-state index contributed by atoms with van der Waals surface area (Å²) in [5, 5.41) is 10.2. The van der Waals surface area contributed by atoms with Crippen LogP contribution in [-0.4, -0.2) is 12.1 Å². The fourth-order valence-electron chi connectivity index (χ4n) is 2.07. The minimum Gasteiger partial charge on any atom is -0.496 e. The van der Waals surface area contributed by atoms with Gasteiger partial charge in [-0.05, 0) is 24.3 Å². The smallest absolute Gasteiger partial charge is 0.135 e. The number of rotatable bonds is 3. The van der Waals surface area contributed by atoms with E-state index in [1.807, 2.05) is 54.6 Å². The normalized spacial score (nSPS) is 11.3. The summed E-state index contributed by atoms with van der Waals surface area (Å²) >= 11 is 1.52. The highest BCUT2D eigenvalue weighted by Crippen LogP contribution is 2.29. The van der Waals surface area contributed by atoms with Crippen LogP contribution >= 0.6 is 11.3 Å². The van der Waals surface area contributed by atoms with E-state index in [-0.39, 0.29) is 0 Å². The van der Waals surface area contributed by atoms with Crippen LogP contribution in [0.5, 0.6) is 5.75 Å². The quantitative estimate of drug-likeness (QED) is 0.673. The fourth-order valence-corrected chi connectivity index (χ4v) is 3.00. The fraction of sp³-hybridized carbons (Fsp3) is 0.0588. The van der Waals surface area contributed by atoms with Crippen LogP contribution in [0, 0.1) is 11.3 Å². The second-order valence-corrected chi connectivity index (χ2v) is 5.43. The van der Waals surface area contributed by atoms with Crippen LogP contribution in [0.25, 0.3) is 21.9 Å². The Morgan fingerprint density at radius 1 is 1.19 bits per heavy atom. The van der Waals surface area contributed by atoms with E-state index in [1.54, 1.807) is 7.11 Å². The molecule has 0 saturated heterocycles. The van der Waals surface area contributed by atoms with E-state index in [1.165, 1.54) is 11.3 Å². The molecular formula is C17H12N2OS. The number of aromatic nitrogens is 1. The first-order chi connectivity index (χ1) is 10.3. The van der Waals surface area contributed by atoms with Crippen molar-refractivity contribution in [2.45, 2.75) is 0 Å². The number of para-hydroxylation sites is 2. The molecule has 102 valence electrons. The third-order valence-corrected chi connectivity index (χ3v) is 4.15. The molecule has 0 N–H and O–H groups in total. The summed E-state index contributed by atoms with van der Waals surface area (Å²) in [5.41, 5.74) is 2.33. The lowest BCUT2D eigenvalue weighted by Crippen LogP contribution is -1.87. The second kappa shape index (κ2) is 5.78. The minimum atomic E-state index is 0.542. The Labute approximate surface area is 126 Å². The summed E-state index contributed by atoms with van der Waals surface area (Å²) in [7, 11) is 1.62. The maximum atomic E-state index is 9.44. The molecule has 0 saturated carbocycles. The van der Waals surface area contributed by atoms with Gasteiger partial charge in [-0.25, -0.2) is 4.98 Å². The molecule has 0 atom stereocenters. The van der Waals surface area contributed by atoms with Crippen LogP contribution in [0.2, 0.25) is 0 Å². The lowest BCUT2D eigenvalue weighted by molar-refractivity contribution is 0.414. The molecule has 1 aromatic heterocycles. The summed E-state index contributed by atoms with van der Waals surface area (Å²) in [5.74, 6) is 0.742. The van der Waals surface area contributed by atoms with Crippen LogP contribution in [0.15, 0.2) is 48.5 Å². The number of thiazole rings is 1. The monoisotopic (exact) mass is 292 g/mol. The van der Waals surface area contributed by atoms with Crippen molar-refractivity contribution in [3.8, 4) is 11.8 Å². The summed E-state index contributed by atoms with van der Waals surface area (Å²) < 4.78 is 6.39. The highest BCUT2D eigenvalue weighted by atomic mass is 32.1. The molecule has 21 heavy (non-hydrogen) atoms. The van der Waals surface area contributed by atoms with Crippen LogP contribution in [-0.2, 0) is 0 Å². The van der Waals surface area contributed by atoms with Gasteiger partial charge in [0.15, 0.2) is 0 Å². The van der Waals surface area contributed by atoms with Crippen LogP contribution in [0.3, 0.4) is 0 Å². The molecule has 0 radical (unpaired) electrons. The van der Waals surface area contributed by atoms with Gasteiger partial charge in [0.25, 0.3) is 0 Å². The molecular weight excluding hydrogens is 280 g/mol. The van der Waals surface area contributed by atoms with E-state index in [4.69, 9.17) is 4.74 Å². The van der Waals surface area contributed by atoms with Gasteiger partial charge in [0, 0.05) is 5.56 Å². The van der Waals surface area contributed by atoms with E-state index in [0.717, 1.165) is 26.5 Å². The van der Waals surface area contributed by atoms with E-state index in [2.05, 4.69) is 11.1 Å². The van der Waals surface area contributed by atoms with Gasteiger partial charge in [0.2, 0.25) is 0 Å². The zero-order chi connectivity index (χ0) is 14.7. The summed E-state index contributed by atoms with van der Waals surface area (Å²) in [6.45, 7) is 0. The highest BCUT2D eigenvalue weighted by Gasteiger charge is 2.09. The maximum Gasteiger partial charge on any atom is 0.135 e. The van der Waals surface area contributed by atoms with Crippen molar-refractivity contribution in [2.75, 3.05) is 7.11 Å². The molecule has 0 aliphatic carbocycles. The molecule has 3 rings (SSSR count). The van der Waals surface area contributed by atoms with Gasteiger partial charge in [0.05, 0.1) is 22.9 Å². The lowest BCUT2D eigenvalue weighted by Gasteiger charge is -2.03. The molecule has 0 amide bonds. The Balaban J connectivity index is 2.09. The predicted octanol–water partition coefficient (Wildman–Crippen LogP) is 4.37. The molecule has 4 heteroatoms. The topological polar surface area (TPSA) is 45.9 Å². The highest BCUT2D eigenvalue weighted by molar-refractivity contribution is 7.19. The van der Waals surface area contributed by atoms with Gasteiger partial charge >= 0.3 is 0 Å². The summed E-state index contributed by atoms with van der Waals surface area (Å²) in [4.78, 5) is 4.52. The zero-order valence-corrected chi connectivity index (χ0v) is 12.2. The SMILES string of the molecule is COc1ccccc1C=C(C#N)c1nc2ccccc2s1. The molecule has 0 fully saturated rings. The first kappa shape index (κ1) is 13.3. The van der Waals surface area contributed by atoms with Gasteiger partial charge in [-0.1, -0.05) is 30.3 Å². The molecule has 2 aromatic carbocycles. The number of nitrogens with zero attached hydrogens (tertiary/aromatic N) is 2. The molecule has 1 heterocycles. The van der Waals surface area contributed by atoms with Crippen molar-refractivity contribution >= 4 is 33.2 Å². The minimum absolute atomic E-state index is 0.542. The number of nitriles is 1. The first-order valence-electron chi connectivity index (χ1n) is 6.42. The number of hydrogen-bond donors (Lipinski definition) is 0. The average molecular weight is 292 g/mol. The van der Waals surface area contributed by atoms with Crippen LogP contribution in [0.4, 0.5) is 0 Å². The van der Waals surface area contributed by atoms with E-state index in [9.17, 15) is 5.26 Å². The number of ether oxygens (including phenoxy) is 1. The third kappa shape index (κ3) is 2.64. The number of benzene rings is 2. The predicted molar refractivity (Wildman–Crippen MR) is 86.1 cm³/mol. The van der Waals surface area contributed by atoms with Gasteiger partial charge in [-0.3, -0.25) is 0 Å². The molecule has 0 unspecified atom stereocenters. The van der Waals surface area contributed by atoms with E-state index < -0.39 is 0 Å². The van der Waals surface area contributed by atoms with Crippen molar-refractivity contribution < 1.29 is 4.74 Å². The molecule has 3 aromatic rings. The first-order valence-corrected chi connectivity index (χ1v) is 7.24. The number of allylic oxidation sites excluding steroid dienone is 1. The van der Waals surface area contributed by atoms with Gasteiger partial charge < -0.3 is 4.74 Å². The summed E-state index contributed by atoms with van der Waals surface area (Å²) in [6, 6.07) is 17.7. The molecule has 0 spiro atoms. The van der Waals surface area contributed by atoms with Crippen LogP contribution in [0.1, 0.15) is 10.6 Å². The molecule has 0 aliphatic rings. The molecule has 3 nitrogen and oxygen atoms in total. The number of fused-ring (bicyclic) bond motifs is 1. The van der Waals surface area contributed by atoms with Crippen molar-refractivity contribution in [3.05, 3.63) is 59.1 Å². The Bertz CT molecular complexity index is 825. The van der Waals surface area contributed by atoms with Crippen molar-refractivity contribution in [2.24, 2.45) is 0 Å². The van der Waals surface area contributed by atoms with Crippen LogP contribution < -0.4 is 4.74 Å². The van der Waals surface area contributed by atoms with Gasteiger partial charge in [-0.15, -0.1) is 11.3 Å². The Morgan fingerprint density at radius 3 is 2.71 bits per heavy atom. The van der Waals surface area contributed by atoms with E-state index in [0.29, 0.717) is 5.57 Å². The Hall–Kier alpha value is -2.64. The summed E-state index contributed by atoms with van der Waals surface area (Å²) in [6.07, 6.45) is 1.82. The number of methoxy groups -OCH3 is 1. The average Bonchev–Trinajstić information content (AvgIpc) is 2.96. The van der Waals surface area contributed by atoms with Crippen molar-refractivity contribution in [1.82, 2.24) is 4.98 Å². The Morgan fingerprint density at radius 2 is 1.95 bits per heavy atom. The zero-order valence-electron chi connectivity index (χ0n) is 11.4. The maximum absolute atomic E-state index is 9.44. The van der Waals surface area contributed by atoms with Gasteiger partial charge in [-0.2, -0.15) is 5.26 Å². The van der Waals surface area contributed by atoms with Crippen molar-refractivity contribution in [1.29, 1.82) is 5.26 Å². The van der Waals surface area contributed by atoms with Gasteiger partial charge in [0.1, 0.15) is 16.8 Å². The number of hydrogen-bond acceptors (Lipinski definition) is 4. The van der Waals surface area contributed by atoms with E-state index >= 15 is 0 Å². The third-order valence-electron chi connectivity index (χ3n) is 3.08. The molecule has 0 aliphatic heterocycles. The largest absolute Gasteiger partial charge is 0.496 e. The Kier molecular flexibility index (Phi) is 3.67. The van der Waals surface area contributed by atoms with Crippen molar-refractivity contribution in [3.63, 3.8) is 0 Å². The second-order valence-electron chi connectivity index (χ2n) is 4.40. The molecule has 0 bridgehead atoms.